The zero-order valence-corrected chi connectivity index (χ0v) is 12.0. The van der Waals surface area contributed by atoms with Crippen molar-refractivity contribution in [3.05, 3.63) is 18.2 Å². The Balaban J connectivity index is 0.00000200. The average Bonchev–Trinajstić information content (AvgIpc) is 2.84. The number of nitrogens with one attached hydrogen (secondary N) is 1. The minimum atomic E-state index is -0.271. The fourth-order valence-electron chi connectivity index (χ4n) is 2.09. The molecule has 1 aromatic rings. The lowest BCUT2D eigenvalue weighted by Gasteiger charge is -2.19. The summed E-state index contributed by atoms with van der Waals surface area (Å²) < 4.78 is 5.29. The maximum atomic E-state index is 11.7. The van der Waals surface area contributed by atoms with E-state index >= 15 is 0 Å². The van der Waals surface area contributed by atoms with Gasteiger partial charge in [-0.25, -0.2) is 0 Å². The van der Waals surface area contributed by atoms with Crippen molar-refractivity contribution in [2.24, 2.45) is 5.73 Å². The zero-order valence-electron chi connectivity index (χ0n) is 11.2. The minimum Gasteiger partial charge on any atom is -0.494 e. The van der Waals surface area contributed by atoms with E-state index in [9.17, 15) is 9.59 Å². The van der Waals surface area contributed by atoms with E-state index in [1.54, 1.807) is 23.1 Å². The monoisotopic (exact) mass is 299 g/mol. The summed E-state index contributed by atoms with van der Waals surface area (Å²) in [6, 6.07) is 5.19. The maximum absolute atomic E-state index is 11.7. The van der Waals surface area contributed by atoms with Crippen LogP contribution in [0.4, 0.5) is 11.4 Å². The molecule has 1 saturated heterocycles. The molecule has 1 aliphatic rings. The van der Waals surface area contributed by atoms with Crippen LogP contribution in [0.1, 0.15) is 12.8 Å². The summed E-state index contributed by atoms with van der Waals surface area (Å²) in [7, 11) is 1.54. The van der Waals surface area contributed by atoms with Crippen LogP contribution in [0.15, 0.2) is 18.2 Å². The van der Waals surface area contributed by atoms with Gasteiger partial charge in [0.2, 0.25) is 11.8 Å². The van der Waals surface area contributed by atoms with Crippen molar-refractivity contribution in [3.63, 3.8) is 0 Å². The highest BCUT2D eigenvalue weighted by molar-refractivity contribution is 5.98. The van der Waals surface area contributed by atoms with Gasteiger partial charge in [-0.2, -0.15) is 0 Å². The number of halogens is 1. The first-order valence-corrected chi connectivity index (χ1v) is 6.14. The smallest absolute Gasteiger partial charge is 0.238 e. The van der Waals surface area contributed by atoms with Gasteiger partial charge >= 0.3 is 0 Å². The number of benzene rings is 1. The highest BCUT2D eigenvalue weighted by Crippen LogP contribution is 2.33. The van der Waals surface area contributed by atoms with Crippen LogP contribution in [0.5, 0.6) is 5.75 Å². The molecule has 0 saturated carbocycles. The largest absolute Gasteiger partial charge is 0.494 e. The van der Waals surface area contributed by atoms with Crippen molar-refractivity contribution < 1.29 is 14.3 Å². The quantitative estimate of drug-likeness (QED) is 0.873. The van der Waals surface area contributed by atoms with Gasteiger partial charge < -0.3 is 20.7 Å². The summed E-state index contributed by atoms with van der Waals surface area (Å²) in [5.74, 6) is 0.383. The lowest BCUT2D eigenvalue weighted by molar-refractivity contribution is -0.117. The second kappa shape index (κ2) is 7.12. The highest BCUT2D eigenvalue weighted by atomic mass is 35.5. The molecule has 1 fully saturated rings. The number of nitrogens with zero attached hydrogens (tertiary/aromatic N) is 1. The minimum absolute atomic E-state index is 0. The molecule has 7 heteroatoms. The molecule has 2 amide bonds. The standard InChI is InChI=1S/C13H17N3O3.ClH/c1-19-11-7-9(15-12(17)8-14)4-5-10(11)16-6-2-3-13(16)18;/h4-5,7H,2-3,6,8,14H2,1H3,(H,15,17);1H. The molecular weight excluding hydrogens is 282 g/mol. The van der Waals surface area contributed by atoms with Gasteiger partial charge in [0.05, 0.1) is 19.3 Å². The van der Waals surface area contributed by atoms with E-state index in [-0.39, 0.29) is 30.8 Å². The number of amides is 2. The summed E-state index contributed by atoms with van der Waals surface area (Å²) in [6.07, 6.45) is 1.42. The SMILES string of the molecule is COc1cc(NC(=O)CN)ccc1N1CCCC1=O.Cl. The Morgan fingerprint density at radius 1 is 1.50 bits per heavy atom. The summed E-state index contributed by atoms with van der Waals surface area (Å²) >= 11 is 0. The number of carbonyl (C=O) groups excluding carboxylic acids is 2. The van der Waals surface area contributed by atoms with Gasteiger partial charge in [0.1, 0.15) is 5.75 Å². The van der Waals surface area contributed by atoms with Gasteiger partial charge in [0, 0.05) is 24.7 Å². The van der Waals surface area contributed by atoms with E-state index in [1.165, 1.54) is 7.11 Å². The van der Waals surface area contributed by atoms with E-state index in [0.717, 1.165) is 12.1 Å². The number of ether oxygens (including phenoxy) is 1. The Morgan fingerprint density at radius 3 is 2.80 bits per heavy atom. The predicted octanol–water partition coefficient (Wildman–Crippen LogP) is 1.14. The number of anilines is 2. The molecule has 3 N–H and O–H groups in total. The average molecular weight is 300 g/mol. The zero-order chi connectivity index (χ0) is 13.8. The van der Waals surface area contributed by atoms with Crippen molar-refractivity contribution in [2.75, 3.05) is 30.4 Å². The Labute approximate surface area is 123 Å². The van der Waals surface area contributed by atoms with E-state index < -0.39 is 0 Å². The van der Waals surface area contributed by atoms with Gasteiger partial charge in [-0.3, -0.25) is 9.59 Å². The topological polar surface area (TPSA) is 84.7 Å². The van der Waals surface area contributed by atoms with Crippen molar-refractivity contribution in [1.29, 1.82) is 0 Å². The lowest BCUT2D eigenvalue weighted by Crippen LogP contribution is -2.24. The molecule has 0 radical (unpaired) electrons. The Morgan fingerprint density at radius 2 is 2.25 bits per heavy atom. The van der Waals surface area contributed by atoms with E-state index in [0.29, 0.717) is 24.4 Å². The number of hydrogen-bond donors (Lipinski definition) is 2. The molecular formula is C13H18ClN3O3. The third kappa shape index (κ3) is 3.40. The molecule has 0 unspecified atom stereocenters. The van der Waals surface area contributed by atoms with Gasteiger partial charge in [-0.05, 0) is 18.6 Å². The maximum Gasteiger partial charge on any atom is 0.238 e. The predicted molar refractivity (Wildman–Crippen MR) is 79.5 cm³/mol. The van der Waals surface area contributed by atoms with Gasteiger partial charge in [0.25, 0.3) is 0 Å². The highest BCUT2D eigenvalue weighted by Gasteiger charge is 2.24. The summed E-state index contributed by atoms with van der Waals surface area (Å²) in [6.45, 7) is 0.623. The molecule has 110 valence electrons. The molecule has 2 rings (SSSR count). The van der Waals surface area contributed by atoms with E-state index in [4.69, 9.17) is 10.5 Å². The molecule has 1 aliphatic heterocycles. The van der Waals surface area contributed by atoms with Crippen LogP contribution in [0.3, 0.4) is 0 Å². The van der Waals surface area contributed by atoms with Crippen LogP contribution in [0, 0.1) is 0 Å². The third-order valence-corrected chi connectivity index (χ3v) is 3.01. The fraction of sp³-hybridized carbons (Fsp3) is 0.385. The molecule has 0 bridgehead atoms. The Bertz CT molecular complexity index is 508. The molecule has 0 aromatic heterocycles. The van der Waals surface area contributed by atoms with Gasteiger partial charge in [0.15, 0.2) is 0 Å². The number of nitrogens with two attached hydrogens (primary N) is 1. The molecule has 1 aromatic carbocycles. The molecule has 6 nitrogen and oxygen atoms in total. The molecule has 0 spiro atoms. The van der Waals surface area contributed by atoms with Crippen LogP contribution in [0.25, 0.3) is 0 Å². The number of carbonyl (C=O) groups is 2. The van der Waals surface area contributed by atoms with Crippen LogP contribution in [-0.2, 0) is 9.59 Å². The van der Waals surface area contributed by atoms with Crippen LogP contribution >= 0.6 is 12.4 Å². The number of hydrogen-bond acceptors (Lipinski definition) is 4. The lowest BCUT2D eigenvalue weighted by atomic mass is 10.2. The first-order chi connectivity index (χ1) is 9.15. The van der Waals surface area contributed by atoms with Crippen LogP contribution in [0.2, 0.25) is 0 Å². The molecule has 0 atom stereocenters. The Hall–Kier alpha value is -1.79. The van der Waals surface area contributed by atoms with E-state index in [1.807, 2.05) is 0 Å². The third-order valence-electron chi connectivity index (χ3n) is 3.01. The first-order valence-electron chi connectivity index (χ1n) is 6.14. The van der Waals surface area contributed by atoms with Crippen molar-refractivity contribution >= 4 is 35.6 Å². The normalized spacial score (nSPS) is 13.9. The summed E-state index contributed by atoms with van der Waals surface area (Å²) in [5, 5.41) is 2.65. The van der Waals surface area contributed by atoms with Gasteiger partial charge in [-0.1, -0.05) is 0 Å². The van der Waals surface area contributed by atoms with E-state index in [2.05, 4.69) is 5.32 Å². The number of rotatable bonds is 4. The van der Waals surface area contributed by atoms with Crippen molar-refractivity contribution in [1.82, 2.24) is 0 Å². The van der Waals surface area contributed by atoms with Gasteiger partial charge in [-0.15, -0.1) is 12.4 Å². The van der Waals surface area contributed by atoms with Crippen LogP contribution < -0.4 is 20.7 Å². The van der Waals surface area contributed by atoms with Crippen LogP contribution in [-0.4, -0.2) is 32.0 Å². The molecule has 1 heterocycles. The second-order valence-electron chi connectivity index (χ2n) is 4.29. The number of methoxy groups -OCH3 is 1. The second-order valence-corrected chi connectivity index (χ2v) is 4.29. The Kier molecular flexibility index (Phi) is 5.79. The first kappa shape index (κ1) is 16.3. The summed E-state index contributed by atoms with van der Waals surface area (Å²) in [5.41, 5.74) is 6.57. The van der Waals surface area contributed by atoms with Crippen molar-refractivity contribution in [2.45, 2.75) is 12.8 Å². The molecule has 20 heavy (non-hydrogen) atoms. The van der Waals surface area contributed by atoms with Crippen molar-refractivity contribution in [3.8, 4) is 5.75 Å². The fourth-order valence-corrected chi connectivity index (χ4v) is 2.09. The summed E-state index contributed by atoms with van der Waals surface area (Å²) in [4.78, 5) is 24.7. The molecule has 0 aliphatic carbocycles.